The minimum atomic E-state index is -0.449. The minimum absolute atomic E-state index is 0.114. The summed E-state index contributed by atoms with van der Waals surface area (Å²) in [6.45, 7) is 0. The summed E-state index contributed by atoms with van der Waals surface area (Å²) in [5, 5.41) is 19.0. The number of thioether (sulfide) groups is 1. The molecule has 0 bridgehead atoms. The molecule has 7 heteroatoms. The highest BCUT2D eigenvalue weighted by Crippen LogP contribution is 2.38. The normalized spacial score (nSPS) is 16.4. The van der Waals surface area contributed by atoms with E-state index in [4.69, 9.17) is 0 Å². The van der Waals surface area contributed by atoms with Crippen LogP contribution < -0.4 is 4.90 Å². The molecule has 2 amide bonds. The van der Waals surface area contributed by atoms with Gasteiger partial charge in [-0.15, -0.1) is 0 Å². The second-order valence-electron chi connectivity index (χ2n) is 4.72. The summed E-state index contributed by atoms with van der Waals surface area (Å²) in [5.74, 6) is -0.746. The number of hydrogen-bond donors (Lipinski definition) is 2. The third-order valence-corrected chi connectivity index (χ3v) is 4.70. The molecule has 0 aromatic heterocycles. The number of phenolic OH excluding ortho intramolecular Hbond substituents is 2. The average Bonchev–Trinajstić information content (AvgIpc) is 2.80. The zero-order valence-corrected chi connectivity index (χ0v) is 14.0. The molecule has 1 saturated heterocycles. The largest absolute Gasteiger partial charge is 0.507 e. The molecule has 1 aliphatic heterocycles. The zero-order chi connectivity index (χ0) is 16.6. The number of benzene rings is 2. The Bertz CT molecular complexity index is 835. The van der Waals surface area contributed by atoms with Crippen molar-refractivity contribution in [3.63, 3.8) is 0 Å². The number of carbonyl (C=O) groups excluding carboxylic acids is 2. The first-order chi connectivity index (χ1) is 11.0. The highest BCUT2D eigenvalue weighted by atomic mass is 79.9. The van der Waals surface area contributed by atoms with Crippen LogP contribution in [0, 0.1) is 0 Å². The molecule has 0 spiro atoms. The Labute approximate surface area is 144 Å². The lowest BCUT2D eigenvalue weighted by Crippen LogP contribution is -2.27. The van der Waals surface area contributed by atoms with Crippen LogP contribution in [0.2, 0.25) is 0 Å². The molecule has 1 aliphatic rings. The van der Waals surface area contributed by atoms with Crippen LogP contribution >= 0.6 is 27.7 Å². The molecular weight excluding hydrogens is 382 g/mol. The summed E-state index contributed by atoms with van der Waals surface area (Å²) in [6.07, 6.45) is 1.42. The first kappa shape index (κ1) is 15.6. The Morgan fingerprint density at radius 3 is 2.43 bits per heavy atom. The Morgan fingerprint density at radius 1 is 1.04 bits per heavy atom. The summed E-state index contributed by atoms with van der Waals surface area (Å²) in [4.78, 5) is 25.9. The number of amides is 2. The summed E-state index contributed by atoms with van der Waals surface area (Å²) in [5.41, 5.74) is 0.822. The monoisotopic (exact) mass is 391 g/mol. The number of anilines is 1. The van der Waals surface area contributed by atoms with Crippen molar-refractivity contribution in [1.82, 2.24) is 0 Å². The lowest BCUT2D eigenvalue weighted by Gasteiger charge is -2.11. The Morgan fingerprint density at radius 2 is 1.74 bits per heavy atom. The summed E-state index contributed by atoms with van der Waals surface area (Å²) >= 11 is 3.95. The number of aromatic hydroxyl groups is 2. The van der Waals surface area contributed by atoms with Crippen LogP contribution in [0.25, 0.3) is 6.08 Å². The SMILES string of the molecule is O=C1S/C(=C\c2cc(Br)c(O)cc2O)C(=O)N1c1ccccc1. The Kier molecular flexibility index (Phi) is 4.14. The highest BCUT2D eigenvalue weighted by molar-refractivity contribution is 9.10. The van der Waals surface area contributed by atoms with E-state index in [1.807, 2.05) is 0 Å². The van der Waals surface area contributed by atoms with Crippen molar-refractivity contribution < 1.29 is 19.8 Å². The fourth-order valence-electron chi connectivity index (χ4n) is 2.09. The van der Waals surface area contributed by atoms with Gasteiger partial charge in [0.25, 0.3) is 11.1 Å². The molecule has 2 aromatic carbocycles. The van der Waals surface area contributed by atoms with E-state index in [2.05, 4.69) is 15.9 Å². The van der Waals surface area contributed by atoms with E-state index in [9.17, 15) is 19.8 Å². The van der Waals surface area contributed by atoms with Gasteiger partial charge in [-0.25, -0.2) is 4.90 Å². The standard InChI is InChI=1S/C16H10BrNO4S/c17-11-6-9(12(19)8-13(11)20)7-14-15(21)18(16(22)23-14)10-4-2-1-3-5-10/h1-8,19-20H/b14-7-. The predicted octanol–water partition coefficient (Wildman–Crippen LogP) is 4.10. The molecule has 116 valence electrons. The van der Waals surface area contributed by atoms with E-state index in [1.54, 1.807) is 30.3 Å². The van der Waals surface area contributed by atoms with Crippen LogP contribution in [0.1, 0.15) is 5.56 Å². The van der Waals surface area contributed by atoms with Gasteiger partial charge in [0.05, 0.1) is 15.1 Å². The van der Waals surface area contributed by atoms with Crippen molar-refractivity contribution in [3.8, 4) is 11.5 Å². The number of imide groups is 1. The lowest BCUT2D eigenvalue weighted by molar-refractivity contribution is -0.113. The third kappa shape index (κ3) is 2.97. The number of halogens is 1. The van der Waals surface area contributed by atoms with Crippen LogP contribution in [0.5, 0.6) is 11.5 Å². The molecule has 1 heterocycles. The lowest BCUT2D eigenvalue weighted by atomic mass is 10.1. The number of carbonyl (C=O) groups is 2. The molecule has 0 atom stereocenters. The summed E-state index contributed by atoms with van der Waals surface area (Å²) in [6, 6.07) is 11.3. The zero-order valence-electron chi connectivity index (χ0n) is 11.6. The number of rotatable bonds is 2. The number of para-hydroxylation sites is 1. The Balaban J connectivity index is 1.98. The fourth-order valence-corrected chi connectivity index (χ4v) is 3.28. The van der Waals surface area contributed by atoms with E-state index in [0.717, 1.165) is 22.7 Å². The van der Waals surface area contributed by atoms with Crippen LogP contribution in [0.15, 0.2) is 51.8 Å². The molecule has 0 saturated carbocycles. The molecular formula is C16H10BrNO4S. The van der Waals surface area contributed by atoms with Gasteiger partial charge in [0, 0.05) is 11.6 Å². The van der Waals surface area contributed by atoms with Gasteiger partial charge in [-0.05, 0) is 52.0 Å². The van der Waals surface area contributed by atoms with Gasteiger partial charge >= 0.3 is 0 Å². The first-order valence-electron chi connectivity index (χ1n) is 6.52. The van der Waals surface area contributed by atoms with Crippen molar-refractivity contribution in [2.24, 2.45) is 0 Å². The number of phenols is 2. The predicted molar refractivity (Wildman–Crippen MR) is 92.4 cm³/mol. The van der Waals surface area contributed by atoms with Crippen LogP contribution in [-0.4, -0.2) is 21.4 Å². The minimum Gasteiger partial charge on any atom is -0.507 e. The fraction of sp³-hybridized carbons (Fsp3) is 0. The summed E-state index contributed by atoms with van der Waals surface area (Å²) in [7, 11) is 0. The van der Waals surface area contributed by atoms with E-state index in [1.165, 1.54) is 12.1 Å². The second-order valence-corrected chi connectivity index (χ2v) is 6.56. The van der Waals surface area contributed by atoms with Crippen molar-refractivity contribution in [1.29, 1.82) is 0 Å². The quantitative estimate of drug-likeness (QED) is 0.753. The maximum Gasteiger partial charge on any atom is 0.298 e. The molecule has 5 nitrogen and oxygen atoms in total. The van der Waals surface area contributed by atoms with Crippen LogP contribution in [-0.2, 0) is 4.79 Å². The molecule has 2 N–H and O–H groups in total. The van der Waals surface area contributed by atoms with Gasteiger partial charge in [0.15, 0.2) is 0 Å². The topological polar surface area (TPSA) is 77.8 Å². The third-order valence-electron chi connectivity index (χ3n) is 3.19. The van der Waals surface area contributed by atoms with E-state index in [0.29, 0.717) is 15.7 Å². The van der Waals surface area contributed by atoms with Gasteiger partial charge in [-0.1, -0.05) is 18.2 Å². The Hall–Kier alpha value is -2.25. The number of hydrogen-bond acceptors (Lipinski definition) is 5. The van der Waals surface area contributed by atoms with E-state index >= 15 is 0 Å². The smallest absolute Gasteiger partial charge is 0.298 e. The van der Waals surface area contributed by atoms with Gasteiger partial charge < -0.3 is 10.2 Å². The molecule has 1 fully saturated rings. The van der Waals surface area contributed by atoms with Gasteiger partial charge in [-0.3, -0.25) is 9.59 Å². The van der Waals surface area contributed by atoms with Gasteiger partial charge in [0.2, 0.25) is 0 Å². The van der Waals surface area contributed by atoms with Crippen molar-refractivity contribution in [2.45, 2.75) is 0 Å². The second kappa shape index (κ2) is 6.10. The highest BCUT2D eigenvalue weighted by Gasteiger charge is 2.36. The van der Waals surface area contributed by atoms with Crippen LogP contribution in [0.3, 0.4) is 0 Å². The molecule has 23 heavy (non-hydrogen) atoms. The van der Waals surface area contributed by atoms with Crippen molar-refractivity contribution in [3.05, 3.63) is 57.4 Å². The van der Waals surface area contributed by atoms with Crippen molar-refractivity contribution >= 4 is 50.6 Å². The first-order valence-corrected chi connectivity index (χ1v) is 8.13. The molecule has 0 radical (unpaired) electrons. The molecule has 0 aliphatic carbocycles. The molecule has 3 rings (SSSR count). The molecule has 0 unspecified atom stereocenters. The molecule has 2 aromatic rings. The summed E-state index contributed by atoms with van der Waals surface area (Å²) < 4.78 is 0.379. The van der Waals surface area contributed by atoms with Crippen LogP contribution in [0.4, 0.5) is 10.5 Å². The van der Waals surface area contributed by atoms with Gasteiger partial charge in [-0.2, -0.15) is 0 Å². The van der Waals surface area contributed by atoms with Gasteiger partial charge in [0.1, 0.15) is 11.5 Å². The average molecular weight is 392 g/mol. The maximum absolute atomic E-state index is 12.5. The van der Waals surface area contributed by atoms with E-state index < -0.39 is 11.1 Å². The van der Waals surface area contributed by atoms with Crippen molar-refractivity contribution in [2.75, 3.05) is 4.90 Å². The number of nitrogens with zero attached hydrogens (tertiary/aromatic N) is 1. The van der Waals surface area contributed by atoms with E-state index in [-0.39, 0.29) is 16.4 Å². The maximum atomic E-state index is 12.5.